The summed E-state index contributed by atoms with van der Waals surface area (Å²) in [5.74, 6) is -3.58. The van der Waals surface area contributed by atoms with Gasteiger partial charge in [0.15, 0.2) is 11.6 Å². The Bertz CT molecular complexity index is 636. The molecule has 1 aromatic carbocycles. The van der Waals surface area contributed by atoms with Gasteiger partial charge in [-0.15, -0.1) is 0 Å². The molecule has 0 saturated heterocycles. The Hall–Kier alpha value is -2.57. The number of carbonyl (C=O) groups is 1. The monoisotopic (exact) mass is 295 g/mol. The second-order valence-electron chi connectivity index (χ2n) is 4.16. The zero-order valence-electron chi connectivity index (χ0n) is 11.1. The van der Waals surface area contributed by atoms with Crippen molar-refractivity contribution in [1.82, 2.24) is 4.98 Å². The Morgan fingerprint density at radius 3 is 2.38 bits per heavy atom. The third-order valence-corrected chi connectivity index (χ3v) is 2.63. The van der Waals surface area contributed by atoms with E-state index < -0.39 is 29.0 Å². The summed E-state index contributed by atoms with van der Waals surface area (Å²) in [4.78, 5) is 15.8. The van der Waals surface area contributed by atoms with Gasteiger partial charge in [-0.05, 0) is 19.1 Å². The Labute approximate surface area is 119 Å². The van der Waals surface area contributed by atoms with Gasteiger partial charge >= 0.3 is 0 Å². The molecule has 0 bridgehead atoms. The van der Waals surface area contributed by atoms with Gasteiger partial charge in [0, 0.05) is 24.9 Å². The lowest BCUT2D eigenvalue weighted by Crippen LogP contribution is -2.15. The van der Waals surface area contributed by atoms with Gasteiger partial charge in [-0.2, -0.15) is 0 Å². The molecule has 2 aromatic rings. The molecule has 0 saturated carbocycles. The highest BCUT2D eigenvalue weighted by Gasteiger charge is 2.15. The molecule has 7 heteroatoms. The summed E-state index contributed by atoms with van der Waals surface area (Å²) in [6, 6.07) is 4.01. The molecule has 110 valence electrons. The van der Waals surface area contributed by atoms with Crippen molar-refractivity contribution in [3.8, 4) is 0 Å². The number of rotatable bonds is 4. The summed E-state index contributed by atoms with van der Waals surface area (Å²) in [7, 11) is 0. The number of pyridine rings is 1. The van der Waals surface area contributed by atoms with E-state index in [2.05, 4.69) is 15.6 Å². The van der Waals surface area contributed by atoms with Crippen molar-refractivity contribution in [2.45, 2.75) is 6.92 Å². The molecule has 1 amide bonds. The fourth-order valence-corrected chi connectivity index (χ4v) is 1.66. The van der Waals surface area contributed by atoms with E-state index in [0.717, 1.165) is 0 Å². The van der Waals surface area contributed by atoms with Crippen LogP contribution in [0.1, 0.15) is 17.3 Å². The Kier molecular flexibility index (Phi) is 4.42. The lowest BCUT2D eigenvalue weighted by molar-refractivity contribution is 0.102. The van der Waals surface area contributed by atoms with Crippen LogP contribution in [0, 0.1) is 17.5 Å². The summed E-state index contributed by atoms with van der Waals surface area (Å²) >= 11 is 0. The topological polar surface area (TPSA) is 54.0 Å². The zero-order chi connectivity index (χ0) is 15.4. The number of anilines is 2. The van der Waals surface area contributed by atoms with Gasteiger partial charge in [-0.3, -0.25) is 4.79 Å². The first-order chi connectivity index (χ1) is 10.0. The predicted octanol–water partition coefficient (Wildman–Crippen LogP) is 3.18. The number of hydrogen-bond acceptors (Lipinski definition) is 3. The van der Waals surface area contributed by atoms with E-state index in [4.69, 9.17) is 0 Å². The molecule has 0 aliphatic carbocycles. The van der Waals surface area contributed by atoms with Crippen LogP contribution in [-0.4, -0.2) is 17.4 Å². The molecular weight excluding hydrogens is 283 g/mol. The Morgan fingerprint density at radius 1 is 1.19 bits per heavy atom. The van der Waals surface area contributed by atoms with Gasteiger partial charge in [0.1, 0.15) is 17.3 Å². The molecule has 1 heterocycles. The number of nitrogens with zero attached hydrogens (tertiary/aromatic N) is 1. The van der Waals surface area contributed by atoms with E-state index in [1.165, 1.54) is 12.3 Å². The van der Waals surface area contributed by atoms with Crippen LogP contribution in [0.25, 0.3) is 0 Å². The van der Waals surface area contributed by atoms with Crippen molar-refractivity contribution >= 4 is 17.4 Å². The molecule has 0 spiro atoms. The highest BCUT2D eigenvalue weighted by atomic mass is 19.1. The first-order valence-electron chi connectivity index (χ1n) is 6.17. The van der Waals surface area contributed by atoms with Crippen LogP contribution in [0.15, 0.2) is 30.5 Å². The largest absolute Gasteiger partial charge is 0.370 e. The zero-order valence-corrected chi connectivity index (χ0v) is 11.1. The summed E-state index contributed by atoms with van der Waals surface area (Å²) in [5.41, 5.74) is -0.572. The molecule has 0 fully saturated rings. The number of carbonyl (C=O) groups excluding carboxylic acids is 1. The smallest absolute Gasteiger partial charge is 0.257 e. The molecule has 21 heavy (non-hydrogen) atoms. The maximum Gasteiger partial charge on any atom is 0.257 e. The lowest BCUT2D eigenvalue weighted by atomic mass is 10.2. The molecule has 1 aromatic heterocycles. The van der Waals surface area contributed by atoms with Gasteiger partial charge in [0.2, 0.25) is 0 Å². The van der Waals surface area contributed by atoms with E-state index in [1.54, 1.807) is 6.07 Å². The second kappa shape index (κ2) is 6.25. The number of benzene rings is 1. The normalized spacial score (nSPS) is 10.3. The molecule has 2 rings (SSSR count). The quantitative estimate of drug-likeness (QED) is 0.911. The van der Waals surface area contributed by atoms with Crippen LogP contribution >= 0.6 is 0 Å². The number of amides is 1. The number of aromatic nitrogens is 1. The Balaban J connectivity index is 2.18. The van der Waals surface area contributed by atoms with Crippen molar-refractivity contribution in [3.05, 3.63) is 53.5 Å². The molecule has 0 radical (unpaired) electrons. The van der Waals surface area contributed by atoms with Crippen molar-refractivity contribution < 1.29 is 18.0 Å². The molecule has 0 atom stereocenters. The molecule has 0 aliphatic heterocycles. The molecular formula is C14H12F3N3O. The highest BCUT2D eigenvalue weighted by molar-refractivity contribution is 6.04. The van der Waals surface area contributed by atoms with Crippen molar-refractivity contribution in [2.75, 3.05) is 17.2 Å². The minimum Gasteiger partial charge on any atom is -0.370 e. The van der Waals surface area contributed by atoms with Gasteiger partial charge in [-0.1, -0.05) is 0 Å². The van der Waals surface area contributed by atoms with Crippen LogP contribution in [0.5, 0.6) is 0 Å². The third-order valence-electron chi connectivity index (χ3n) is 2.63. The number of nitrogens with one attached hydrogen (secondary N) is 2. The second-order valence-corrected chi connectivity index (χ2v) is 4.16. The summed E-state index contributed by atoms with van der Waals surface area (Å²) in [6.45, 7) is 2.56. The highest BCUT2D eigenvalue weighted by Crippen LogP contribution is 2.21. The van der Waals surface area contributed by atoms with E-state index in [-0.39, 0.29) is 5.56 Å². The fourth-order valence-electron chi connectivity index (χ4n) is 1.66. The van der Waals surface area contributed by atoms with Crippen molar-refractivity contribution in [2.24, 2.45) is 0 Å². The summed E-state index contributed by atoms with van der Waals surface area (Å²) in [5, 5.41) is 5.00. The first kappa shape index (κ1) is 14.8. The standard InChI is InChI=1S/C14H12F3N3O/c1-2-18-12-4-3-8(7-19-12)14(21)20-13-10(16)5-9(15)6-11(13)17/h3-7H,2H2,1H3,(H,18,19)(H,20,21). The van der Waals surface area contributed by atoms with Gasteiger partial charge in [-0.25, -0.2) is 18.2 Å². The minimum atomic E-state index is -1.18. The van der Waals surface area contributed by atoms with Crippen LogP contribution in [-0.2, 0) is 0 Å². The van der Waals surface area contributed by atoms with Crippen LogP contribution in [0.3, 0.4) is 0 Å². The first-order valence-corrected chi connectivity index (χ1v) is 6.17. The Morgan fingerprint density at radius 2 is 1.86 bits per heavy atom. The van der Waals surface area contributed by atoms with Crippen molar-refractivity contribution in [1.29, 1.82) is 0 Å². The average molecular weight is 295 g/mol. The predicted molar refractivity (Wildman–Crippen MR) is 72.7 cm³/mol. The van der Waals surface area contributed by atoms with Gasteiger partial charge in [0.25, 0.3) is 5.91 Å². The van der Waals surface area contributed by atoms with Gasteiger partial charge < -0.3 is 10.6 Å². The SMILES string of the molecule is CCNc1ccc(C(=O)Nc2c(F)cc(F)cc2F)cn1. The maximum atomic E-state index is 13.4. The number of halogens is 3. The van der Waals surface area contributed by atoms with Crippen LogP contribution in [0.4, 0.5) is 24.7 Å². The minimum absolute atomic E-state index is 0.125. The average Bonchev–Trinajstić information content (AvgIpc) is 2.43. The maximum absolute atomic E-state index is 13.4. The molecule has 4 nitrogen and oxygen atoms in total. The lowest BCUT2D eigenvalue weighted by Gasteiger charge is -2.08. The molecule has 2 N–H and O–H groups in total. The molecule has 0 aliphatic rings. The van der Waals surface area contributed by atoms with E-state index in [9.17, 15) is 18.0 Å². The third kappa shape index (κ3) is 3.50. The molecule has 0 unspecified atom stereocenters. The number of hydrogen-bond donors (Lipinski definition) is 2. The van der Waals surface area contributed by atoms with Gasteiger partial charge in [0.05, 0.1) is 5.56 Å². The van der Waals surface area contributed by atoms with Crippen molar-refractivity contribution in [3.63, 3.8) is 0 Å². The summed E-state index contributed by atoms with van der Waals surface area (Å²) in [6.07, 6.45) is 1.27. The fraction of sp³-hybridized carbons (Fsp3) is 0.143. The van der Waals surface area contributed by atoms with E-state index >= 15 is 0 Å². The van der Waals surface area contributed by atoms with Crippen LogP contribution in [0.2, 0.25) is 0 Å². The van der Waals surface area contributed by atoms with Crippen LogP contribution < -0.4 is 10.6 Å². The summed E-state index contributed by atoms with van der Waals surface area (Å²) < 4.78 is 39.6. The van der Waals surface area contributed by atoms with E-state index in [1.807, 2.05) is 6.92 Å². The van der Waals surface area contributed by atoms with E-state index in [0.29, 0.717) is 24.5 Å².